The van der Waals surface area contributed by atoms with Crippen LogP contribution in [0.4, 0.5) is 5.13 Å². The van der Waals surface area contributed by atoms with E-state index >= 15 is 0 Å². The van der Waals surface area contributed by atoms with E-state index in [0.717, 1.165) is 22.2 Å². The summed E-state index contributed by atoms with van der Waals surface area (Å²) in [5.74, 6) is -0.00235. The highest BCUT2D eigenvalue weighted by Gasteiger charge is 2.32. The van der Waals surface area contributed by atoms with E-state index in [9.17, 15) is 4.79 Å². The molecule has 1 aromatic carbocycles. The van der Waals surface area contributed by atoms with Gasteiger partial charge in [-0.2, -0.15) is 4.99 Å². The van der Waals surface area contributed by atoms with Crippen LogP contribution >= 0.6 is 23.1 Å². The van der Waals surface area contributed by atoms with Crippen molar-refractivity contribution in [2.75, 3.05) is 6.54 Å². The van der Waals surface area contributed by atoms with Crippen LogP contribution in [0.25, 0.3) is 17.0 Å². The molecule has 0 radical (unpaired) electrons. The molecule has 1 fully saturated rings. The molecular weight excluding hydrogens is 364 g/mol. The minimum Gasteiger partial charge on any atom is -0.350 e. The number of thiazole rings is 1. The molecule has 3 heterocycles. The van der Waals surface area contributed by atoms with Crippen molar-refractivity contribution in [1.29, 1.82) is 0 Å². The van der Waals surface area contributed by atoms with E-state index in [0.29, 0.717) is 21.7 Å². The molecule has 1 aliphatic heterocycles. The molecule has 0 bridgehead atoms. The third-order valence-corrected chi connectivity index (χ3v) is 6.08. The quantitative estimate of drug-likeness (QED) is 0.624. The van der Waals surface area contributed by atoms with Crippen molar-refractivity contribution in [2.24, 2.45) is 12.0 Å². The number of carbonyl (C=O) groups is 1. The number of fused-ring (bicyclic) bond motifs is 1. The lowest BCUT2D eigenvalue weighted by Crippen LogP contribution is -2.28. The van der Waals surface area contributed by atoms with Crippen molar-refractivity contribution in [3.05, 3.63) is 52.0 Å². The van der Waals surface area contributed by atoms with E-state index in [1.165, 1.54) is 23.1 Å². The van der Waals surface area contributed by atoms with Crippen LogP contribution in [-0.2, 0) is 11.8 Å². The number of amidine groups is 1. The van der Waals surface area contributed by atoms with Crippen LogP contribution in [-0.4, -0.2) is 32.1 Å². The van der Waals surface area contributed by atoms with E-state index in [1.54, 1.807) is 4.90 Å². The zero-order valence-corrected chi connectivity index (χ0v) is 16.4. The third-order valence-electron chi connectivity index (χ3n) is 4.22. The molecule has 4 rings (SSSR count). The summed E-state index contributed by atoms with van der Waals surface area (Å²) in [5, 5.41) is 4.48. The first-order valence-electron chi connectivity index (χ1n) is 8.33. The number of benzene rings is 1. The fourth-order valence-corrected chi connectivity index (χ4v) is 4.73. The summed E-state index contributed by atoms with van der Waals surface area (Å²) in [7, 11) is 2.02. The Balaban J connectivity index is 1.74. The molecule has 1 aliphatic rings. The number of hydrogen-bond acceptors (Lipinski definition) is 5. The number of thioether (sulfide) groups is 1. The van der Waals surface area contributed by atoms with Gasteiger partial charge in [0.15, 0.2) is 5.17 Å². The summed E-state index contributed by atoms with van der Waals surface area (Å²) >= 11 is 2.90. The minimum absolute atomic E-state index is 0.00235. The highest BCUT2D eigenvalue weighted by Crippen LogP contribution is 2.35. The Labute approximate surface area is 160 Å². The molecular formula is C19H18N4OS2. The van der Waals surface area contributed by atoms with Crippen molar-refractivity contribution in [3.63, 3.8) is 0 Å². The Hall–Kier alpha value is -2.38. The smallest absolute Gasteiger partial charge is 0.266 e. The SMILES string of the molecule is CCN1C(=O)/C(=C/c2cn(C)c3ccccc23)S/C1=N/c1nc(C)cs1. The maximum absolute atomic E-state index is 12.8. The number of para-hydroxylation sites is 1. The second-order valence-corrected chi connectivity index (χ2v) is 7.88. The van der Waals surface area contributed by atoms with Gasteiger partial charge in [-0.25, -0.2) is 4.98 Å². The van der Waals surface area contributed by atoms with Gasteiger partial charge in [0.1, 0.15) is 0 Å². The molecule has 0 atom stereocenters. The number of aliphatic imine (C=N–C) groups is 1. The molecule has 0 aliphatic carbocycles. The molecule has 5 nitrogen and oxygen atoms in total. The van der Waals surface area contributed by atoms with E-state index in [-0.39, 0.29) is 5.91 Å². The summed E-state index contributed by atoms with van der Waals surface area (Å²) in [6, 6.07) is 8.20. The van der Waals surface area contributed by atoms with Gasteiger partial charge in [-0.1, -0.05) is 18.2 Å². The number of aromatic nitrogens is 2. The number of carbonyl (C=O) groups excluding carboxylic acids is 1. The Kier molecular flexibility index (Phi) is 4.42. The Morgan fingerprint density at radius 1 is 1.31 bits per heavy atom. The average Bonchev–Trinajstić information content (AvgIpc) is 3.27. The largest absolute Gasteiger partial charge is 0.350 e. The second-order valence-electron chi connectivity index (χ2n) is 6.04. The molecule has 0 N–H and O–H groups in total. The van der Waals surface area contributed by atoms with Crippen LogP contribution in [0.15, 0.2) is 45.7 Å². The molecule has 0 saturated carbocycles. The molecule has 1 saturated heterocycles. The maximum Gasteiger partial charge on any atom is 0.266 e. The topological polar surface area (TPSA) is 50.5 Å². The molecule has 0 spiro atoms. The third kappa shape index (κ3) is 2.97. The fraction of sp³-hybridized carbons (Fsp3) is 0.211. The normalized spacial score (nSPS) is 18.0. The van der Waals surface area contributed by atoms with Crippen LogP contribution < -0.4 is 0 Å². The standard InChI is InChI=1S/C19H18N4OS2/c1-4-23-17(24)16(26-19(23)21-18-20-12(2)11-25-18)9-13-10-22(3)15-8-6-5-7-14(13)15/h5-11H,4H2,1-3H3/b16-9-,21-19+. The number of nitrogens with zero attached hydrogens (tertiary/aromatic N) is 4. The highest BCUT2D eigenvalue weighted by molar-refractivity contribution is 8.18. The maximum atomic E-state index is 12.8. The Morgan fingerprint density at radius 2 is 2.12 bits per heavy atom. The molecule has 1 amide bonds. The van der Waals surface area contributed by atoms with Gasteiger partial charge in [-0.15, -0.1) is 11.3 Å². The monoisotopic (exact) mass is 382 g/mol. The van der Waals surface area contributed by atoms with E-state index < -0.39 is 0 Å². The number of aryl methyl sites for hydroxylation is 2. The van der Waals surface area contributed by atoms with Crippen LogP contribution in [0.3, 0.4) is 0 Å². The van der Waals surface area contributed by atoms with Crippen molar-refractivity contribution in [2.45, 2.75) is 13.8 Å². The number of rotatable bonds is 3. The summed E-state index contributed by atoms with van der Waals surface area (Å²) in [6.45, 7) is 4.49. The van der Waals surface area contributed by atoms with Crippen molar-refractivity contribution in [1.82, 2.24) is 14.5 Å². The van der Waals surface area contributed by atoms with Crippen LogP contribution in [0.5, 0.6) is 0 Å². The summed E-state index contributed by atoms with van der Waals surface area (Å²) in [4.78, 5) is 24.2. The van der Waals surface area contributed by atoms with Crippen molar-refractivity contribution in [3.8, 4) is 0 Å². The van der Waals surface area contributed by atoms with Gasteiger partial charge < -0.3 is 4.57 Å². The van der Waals surface area contributed by atoms with Crippen LogP contribution in [0, 0.1) is 6.92 Å². The molecule has 7 heteroatoms. The van der Waals surface area contributed by atoms with Gasteiger partial charge in [0.25, 0.3) is 5.91 Å². The molecule has 2 aromatic heterocycles. The lowest BCUT2D eigenvalue weighted by molar-refractivity contribution is -0.122. The predicted octanol–water partition coefficient (Wildman–Crippen LogP) is 4.57. The van der Waals surface area contributed by atoms with Crippen LogP contribution in [0.2, 0.25) is 0 Å². The van der Waals surface area contributed by atoms with Gasteiger partial charge in [0, 0.05) is 41.6 Å². The highest BCUT2D eigenvalue weighted by atomic mass is 32.2. The van der Waals surface area contributed by atoms with E-state index in [1.807, 2.05) is 44.5 Å². The predicted molar refractivity (Wildman–Crippen MR) is 110 cm³/mol. The summed E-state index contributed by atoms with van der Waals surface area (Å²) < 4.78 is 2.08. The number of likely N-dealkylation sites (N-methyl/N-ethyl adjacent to an activating group) is 1. The van der Waals surface area contributed by atoms with Crippen molar-refractivity contribution >= 4 is 56.3 Å². The second kappa shape index (κ2) is 6.74. The lowest BCUT2D eigenvalue weighted by atomic mass is 10.1. The minimum atomic E-state index is -0.00235. The van der Waals surface area contributed by atoms with Gasteiger partial charge >= 0.3 is 0 Å². The average molecular weight is 383 g/mol. The van der Waals surface area contributed by atoms with E-state index in [2.05, 4.69) is 32.9 Å². The first-order valence-corrected chi connectivity index (χ1v) is 10.0. The Morgan fingerprint density at radius 3 is 2.85 bits per heavy atom. The van der Waals surface area contributed by atoms with Crippen LogP contribution in [0.1, 0.15) is 18.2 Å². The van der Waals surface area contributed by atoms with Gasteiger partial charge in [-0.05, 0) is 37.8 Å². The zero-order valence-electron chi connectivity index (χ0n) is 14.8. The van der Waals surface area contributed by atoms with Gasteiger partial charge in [-0.3, -0.25) is 9.69 Å². The molecule has 3 aromatic rings. The summed E-state index contributed by atoms with van der Waals surface area (Å²) in [5.41, 5.74) is 3.13. The number of amides is 1. The van der Waals surface area contributed by atoms with E-state index in [4.69, 9.17) is 0 Å². The molecule has 132 valence electrons. The number of hydrogen-bond donors (Lipinski definition) is 0. The van der Waals surface area contributed by atoms with Gasteiger partial charge in [0.05, 0.1) is 10.6 Å². The lowest BCUT2D eigenvalue weighted by Gasteiger charge is -2.11. The first kappa shape index (κ1) is 17.1. The summed E-state index contributed by atoms with van der Waals surface area (Å²) in [6.07, 6.45) is 4.02. The molecule has 26 heavy (non-hydrogen) atoms. The zero-order chi connectivity index (χ0) is 18.3. The van der Waals surface area contributed by atoms with Crippen molar-refractivity contribution < 1.29 is 4.79 Å². The fourth-order valence-electron chi connectivity index (χ4n) is 2.97. The Bertz CT molecular complexity index is 1060. The first-order chi connectivity index (χ1) is 12.6. The van der Waals surface area contributed by atoms with Gasteiger partial charge in [0.2, 0.25) is 5.13 Å². The molecule has 0 unspecified atom stereocenters.